The van der Waals surface area contributed by atoms with Gasteiger partial charge >= 0.3 is 0 Å². The van der Waals surface area contributed by atoms with Crippen molar-refractivity contribution in [2.24, 2.45) is 0 Å². The highest BCUT2D eigenvalue weighted by molar-refractivity contribution is 7.10. The predicted octanol–water partition coefficient (Wildman–Crippen LogP) is 3.18. The van der Waals surface area contributed by atoms with Crippen molar-refractivity contribution in [3.63, 3.8) is 0 Å². The largest absolute Gasteiger partial charge is 0.459 e. The van der Waals surface area contributed by atoms with Gasteiger partial charge in [0.15, 0.2) is 0 Å². The molecule has 2 aliphatic heterocycles. The van der Waals surface area contributed by atoms with Crippen molar-refractivity contribution in [3.05, 3.63) is 40.3 Å². The summed E-state index contributed by atoms with van der Waals surface area (Å²) in [6.07, 6.45) is 8.13. The molecule has 0 N–H and O–H groups in total. The lowest BCUT2D eigenvalue weighted by Crippen LogP contribution is -2.24. The Labute approximate surface area is 92.8 Å². The van der Waals surface area contributed by atoms with E-state index in [1.54, 1.807) is 11.3 Å². The molecule has 3 heterocycles. The van der Waals surface area contributed by atoms with Gasteiger partial charge in [-0.1, -0.05) is 6.07 Å². The number of hydrogen-bond acceptors (Lipinski definition) is 3. The molecule has 3 heteroatoms. The average Bonchev–Trinajstić information content (AvgIpc) is 2.92. The van der Waals surface area contributed by atoms with E-state index in [1.807, 2.05) is 18.2 Å². The summed E-state index contributed by atoms with van der Waals surface area (Å²) >= 11 is 1.71. The Morgan fingerprint density at radius 2 is 2.47 bits per heavy atom. The van der Waals surface area contributed by atoms with Crippen LogP contribution < -0.4 is 0 Å². The molecule has 15 heavy (non-hydrogen) atoms. The molecule has 1 spiro atoms. The molecule has 0 aliphatic carbocycles. The molecular weight excluding hydrogens is 208 g/mol. The fraction of sp³-hybridized carbons (Fsp3) is 0.333. The Morgan fingerprint density at radius 1 is 1.47 bits per heavy atom. The summed E-state index contributed by atoms with van der Waals surface area (Å²) in [7, 11) is 0. The first-order valence-corrected chi connectivity index (χ1v) is 6.02. The summed E-state index contributed by atoms with van der Waals surface area (Å²) in [5.41, 5.74) is 0. The normalized spacial score (nSPS) is 31.6. The predicted molar refractivity (Wildman–Crippen MR) is 60.4 cm³/mol. The van der Waals surface area contributed by atoms with E-state index in [0.29, 0.717) is 0 Å². The Balaban J connectivity index is 1.79. The molecule has 1 unspecified atom stereocenters. The summed E-state index contributed by atoms with van der Waals surface area (Å²) in [4.78, 5) is 1.21. The van der Waals surface area contributed by atoms with Crippen LogP contribution in [0.3, 0.4) is 0 Å². The Kier molecular flexibility index (Phi) is 2.15. The number of thiophene rings is 1. The summed E-state index contributed by atoms with van der Waals surface area (Å²) in [6.45, 7) is 0.802. The molecule has 0 radical (unpaired) electrons. The fourth-order valence-electron chi connectivity index (χ4n) is 1.92. The van der Waals surface area contributed by atoms with Gasteiger partial charge in [0.2, 0.25) is 5.79 Å². The molecule has 78 valence electrons. The van der Waals surface area contributed by atoms with Gasteiger partial charge in [0.25, 0.3) is 0 Å². The summed E-state index contributed by atoms with van der Waals surface area (Å²) in [5.74, 6) is 0.461. The number of rotatable bonds is 1. The van der Waals surface area contributed by atoms with Crippen molar-refractivity contribution in [1.29, 1.82) is 0 Å². The maximum Gasteiger partial charge on any atom is 0.230 e. The van der Waals surface area contributed by atoms with Crippen molar-refractivity contribution in [2.75, 3.05) is 6.61 Å². The molecule has 0 amide bonds. The van der Waals surface area contributed by atoms with E-state index in [1.165, 1.54) is 4.88 Å². The molecule has 0 saturated carbocycles. The molecule has 1 aromatic heterocycles. The van der Waals surface area contributed by atoms with Gasteiger partial charge in [-0.15, -0.1) is 11.3 Å². The van der Waals surface area contributed by atoms with E-state index in [0.717, 1.165) is 25.2 Å². The van der Waals surface area contributed by atoms with Gasteiger partial charge in [0.05, 0.1) is 6.61 Å². The SMILES string of the molecule is C1=CC2(CCCO2)OC1=Cc1cccs1. The van der Waals surface area contributed by atoms with Crippen LogP contribution in [0.15, 0.2) is 35.4 Å². The third-order valence-corrected chi connectivity index (χ3v) is 3.46. The molecule has 1 fully saturated rings. The first-order chi connectivity index (χ1) is 7.36. The van der Waals surface area contributed by atoms with Crippen LogP contribution in [0.1, 0.15) is 17.7 Å². The highest BCUT2D eigenvalue weighted by Crippen LogP contribution is 2.36. The minimum absolute atomic E-state index is 0.441. The van der Waals surface area contributed by atoms with Crippen molar-refractivity contribution in [2.45, 2.75) is 18.6 Å². The van der Waals surface area contributed by atoms with Gasteiger partial charge in [-0.25, -0.2) is 0 Å². The molecule has 3 rings (SSSR count). The topological polar surface area (TPSA) is 18.5 Å². The summed E-state index contributed by atoms with van der Waals surface area (Å²) in [6, 6.07) is 4.12. The van der Waals surface area contributed by atoms with E-state index in [-0.39, 0.29) is 0 Å². The smallest absolute Gasteiger partial charge is 0.230 e. The van der Waals surface area contributed by atoms with Crippen LogP contribution in [-0.4, -0.2) is 12.4 Å². The average molecular weight is 220 g/mol. The molecule has 2 aliphatic rings. The molecule has 0 bridgehead atoms. The van der Waals surface area contributed by atoms with Crippen LogP contribution in [0.4, 0.5) is 0 Å². The lowest BCUT2D eigenvalue weighted by atomic mass is 10.2. The van der Waals surface area contributed by atoms with Crippen LogP contribution in [0.25, 0.3) is 6.08 Å². The zero-order valence-corrected chi connectivity index (χ0v) is 9.13. The first kappa shape index (κ1) is 9.19. The second-order valence-corrected chi connectivity index (χ2v) is 4.74. The van der Waals surface area contributed by atoms with E-state index >= 15 is 0 Å². The van der Waals surface area contributed by atoms with Gasteiger partial charge in [0, 0.05) is 11.3 Å². The molecule has 1 saturated heterocycles. The zero-order chi connectivity index (χ0) is 10.1. The maximum absolute atomic E-state index is 5.82. The standard InChI is InChI=1S/C12H12O2S/c1-3-11(15-8-1)9-10-4-6-12(14-10)5-2-7-13-12/h1,3-4,6,8-9H,2,5,7H2. The van der Waals surface area contributed by atoms with E-state index in [2.05, 4.69) is 17.5 Å². The lowest BCUT2D eigenvalue weighted by Gasteiger charge is -2.20. The highest BCUT2D eigenvalue weighted by atomic mass is 32.1. The van der Waals surface area contributed by atoms with Crippen LogP contribution in [0.5, 0.6) is 0 Å². The Morgan fingerprint density at radius 3 is 3.20 bits per heavy atom. The van der Waals surface area contributed by atoms with Crippen molar-refractivity contribution in [3.8, 4) is 0 Å². The molecule has 0 aromatic carbocycles. The minimum atomic E-state index is -0.441. The monoisotopic (exact) mass is 220 g/mol. The van der Waals surface area contributed by atoms with Gasteiger partial charge in [-0.2, -0.15) is 0 Å². The number of hydrogen-bond donors (Lipinski definition) is 0. The third-order valence-electron chi connectivity index (χ3n) is 2.64. The van der Waals surface area contributed by atoms with Crippen LogP contribution >= 0.6 is 11.3 Å². The second-order valence-electron chi connectivity index (χ2n) is 3.76. The van der Waals surface area contributed by atoms with Crippen molar-refractivity contribution in [1.82, 2.24) is 0 Å². The Hall–Kier alpha value is -1.06. The quantitative estimate of drug-likeness (QED) is 0.723. The highest BCUT2D eigenvalue weighted by Gasteiger charge is 2.38. The molecule has 1 aromatic rings. The molecular formula is C12H12O2S. The molecule has 1 atom stereocenters. The van der Waals surface area contributed by atoms with E-state index in [4.69, 9.17) is 9.47 Å². The second kappa shape index (κ2) is 3.51. The number of ether oxygens (including phenoxy) is 2. The maximum atomic E-state index is 5.82. The van der Waals surface area contributed by atoms with Gasteiger partial charge < -0.3 is 9.47 Å². The zero-order valence-electron chi connectivity index (χ0n) is 8.31. The van der Waals surface area contributed by atoms with E-state index < -0.39 is 5.79 Å². The summed E-state index contributed by atoms with van der Waals surface area (Å²) in [5, 5.41) is 2.06. The van der Waals surface area contributed by atoms with Crippen LogP contribution in [0, 0.1) is 0 Å². The van der Waals surface area contributed by atoms with Gasteiger partial charge in [-0.3, -0.25) is 0 Å². The molecule has 2 nitrogen and oxygen atoms in total. The van der Waals surface area contributed by atoms with Gasteiger partial charge in [-0.05, 0) is 36.1 Å². The van der Waals surface area contributed by atoms with Crippen molar-refractivity contribution >= 4 is 17.4 Å². The first-order valence-electron chi connectivity index (χ1n) is 5.14. The van der Waals surface area contributed by atoms with Gasteiger partial charge in [0.1, 0.15) is 5.76 Å². The number of allylic oxidation sites excluding steroid dienone is 1. The Bertz CT molecular complexity index is 397. The van der Waals surface area contributed by atoms with Crippen LogP contribution in [0.2, 0.25) is 0 Å². The third kappa shape index (κ3) is 1.73. The van der Waals surface area contributed by atoms with E-state index in [9.17, 15) is 0 Å². The fourth-order valence-corrected chi connectivity index (χ4v) is 2.57. The lowest BCUT2D eigenvalue weighted by molar-refractivity contribution is -0.135. The van der Waals surface area contributed by atoms with Crippen molar-refractivity contribution < 1.29 is 9.47 Å². The summed E-state index contributed by atoms with van der Waals surface area (Å²) < 4.78 is 11.4. The minimum Gasteiger partial charge on any atom is -0.459 e. The van der Waals surface area contributed by atoms with Crippen LogP contribution in [-0.2, 0) is 9.47 Å².